The maximum absolute atomic E-state index is 10.9. The third-order valence-electron chi connectivity index (χ3n) is 1.96. The van der Waals surface area contributed by atoms with Gasteiger partial charge < -0.3 is 15.3 Å². The molecule has 0 aliphatic rings. The Kier molecular flexibility index (Phi) is 2.54. The molecule has 1 aromatic carbocycles. The first-order chi connectivity index (χ1) is 7.58. The third-order valence-corrected chi connectivity index (χ3v) is 2.21. The van der Waals surface area contributed by atoms with Crippen LogP contribution >= 0.6 is 11.6 Å². The maximum Gasteiger partial charge on any atom is 0.374 e. The van der Waals surface area contributed by atoms with Crippen molar-refractivity contribution < 1.29 is 14.3 Å². The van der Waals surface area contributed by atoms with Gasteiger partial charge in [-0.2, -0.15) is 4.98 Å². The number of aromatic carboxylic acids is 1. The van der Waals surface area contributed by atoms with Gasteiger partial charge in [0.25, 0.3) is 6.01 Å². The second-order valence-corrected chi connectivity index (χ2v) is 3.48. The minimum Gasteiger partial charge on any atom is -0.475 e. The molecule has 16 heavy (non-hydrogen) atoms. The van der Waals surface area contributed by atoms with E-state index in [-0.39, 0.29) is 17.5 Å². The van der Waals surface area contributed by atoms with Crippen LogP contribution in [0.4, 0.5) is 6.01 Å². The number of halogens is 1. The van der Waals surface area contributed by atoms with Crippen LogP contribution in [0.25, 0.3) is 11.3 Å². The molecule has 0 fully saturated rings. The molecule has 2 rings (SSSR count). The maximum atomic E-state index is 10.9. The van der Waals surface area contributed by atoms with Gasteiger partial charge in [0.1, 0.15) is 5.69 Å². The Morgan fingerprint density at radius 1 is 1.38 bits per heavy atom. The lowest BCUT2D eigenvalue weighted by Crippen LogP contribution is -1.96. The van der Waals surface area contributed by atoms with Crippen LogP contribution in [0.5, 0.6) is 0 Å². The summed E-state index contributed by atoms with van der Waals surface area (Å²) in [6.07, 6.45) is 0. The SMILES string of the molecule is Nc1nc(-c2ccc(Cl)cc2)c(C(=O)O)o1. The van der Waals surface area contributed by atoms with Crippen molar-refractivity contribution in [3.63, 3.8) is 0 Å². The van der Waals surface area contributed by atoms with Crippen LogP contribution in [0.1, 0.15) is 10.6 Å². The van der Waals surface area contributed by atoms with E-state index in [9.17, 15) is 4.79 Å². The molecule has 82 valence electrons. The second kappa shape index (κ2) is 3.86. The van der Waals surface area contributed by atoms with E-state index >= 15 is 0 Å². The number of anilines is 1. The number of nitrogens with two attached hydrogens (primary N) is 1. The van der Waals surface area contributed by atoms with E-state index in [1.54, 1.807) is 24.3 Å². The summed E-state index contributed by atoms with van der Waals surface area (Å²) in [4.78, 5) is 14.7. The standard InChI is InChI=1S/C10H7ClN2O3/c11-6-3-1-5(2-4-6)7-8(9(14)15)16-10(12)13-7/h1-4H,(H2,12,13)(H,14,15). The Morgan fingerprint density at radius 3 is 2.56 bits per heavy atom. The first-order valence-electron chi connectivity index (χ1n) is 4.33. The van der Waals surface area contributed by atoms with Crippen LogP contribution in [0.3, 0.4) is 0 Å². The smallest absolute Gasteiger partial charge is 0.374 e. The zero-order valence-electron chi connectivity index (χ0n) is 7.98. The topological polar surface area (TPSA) is 89.3 Å². The summed E-state index contributed by atoms with van der Waals surface area (Å²) < 4.78 is 4.79. The number of carbonyl (C=O) groups is 1. The van der Waals surface area contributed by atoms with Crippen molar-refractivity contribution >= 4 is 23.6 Å². The van der Waals surface area contributed by atoms with Gasteiger partial charge in [-0.1, -0.05) is 23.7 Å². The molecule has 3 N–H and O–H groups in total. The molecule has 0 atom stereocenters. The first-order valence-corrected chi connectivity index (χ1v) is 4.71. The molecule has 1 aromatic heterocycles. The summed E-state index contributed by atoms with van der Waals surface area (Å²) in [5.41, 5.74) is 6.10. The van der Waals surface area contributed by atoms with E-state index in [0.717, 1.165) is 0 Å². The Bertz CT molecular complexity index is 533. The van der Waals surface area contributed by atoms with Crippen LogP contribution in [0, 0.1) is 0 Å². The van der Waals surface area contributed by atoms with Crippen LogP contribution in [-0.4, -0.2) is 16.1 Å². The van der Waals surface area contributed by atoms with Gasteiger partial charge in [-0.05, 0) is 12.1 Å². The molecule has 6 heteroatoms. The number of carboxylic acids is 1. The highest BCUT2D eigenvalue weighted by molar-refractivity contribution is 6.30. The fourth-order valence-electron chi connectivity index (χ4n) is 1.29. The zero-order chi connectivity index (χ0) is 11.7. The molecular weight excluding hydrogens is 232 g/mol. The normalized spacial score (nSPS) is 10.3. The van der Waals surface area contributed by atoms with Crippen LogP contribution in [0.15, 0.2) is 28.7 Å². The third kappa shape index (κ3) is 1.85. The predicted molar refractivity (Wildman–Crippen MR) is 58.3 cm³/mol. The number of rotatable bonds is 2. The first kappa shape index (κ1) is 10.5. The highest BCUT2D eigenvalue weighted by atomic mass is 35.5. The molecule has 0 bridgehead atoms. The molecule has 0 amide bonds. The summed E-state index contributed by atoms with van der Waals surface area (Å²) in [7, 11) is 0. The lowest BCUT2D eigenvalue weighted by Gasteiger charge is -1.97. The molecule has 2 aromatic rings. The molecule has 0 unspecified atom stereocenters. The number of benzene rings is 1. The molecule has 0 aliphatic carbocycles. The lowest BCUT2D eigenvalue weighted by molar-refractivity contribution is 0.0665. The average Bonchev–Trinajstić information content (AvgIpc) is 2.61. The van der Waals surface area contributed by atoms with E-state index in [4.69, 9.17) is 26.9 Å². The molecule has 0 saturated carbocycles. The van der Waals surface area contributed by atoms with Crippen LogP contribution in [-0.2, 0) is 0 Å². The number of aromatic nitrogens is 1. The second-order valence-electron chi connectivity index (χ2n) is 3.04. The summed E-state index contributed by atoms with van der Waals surface area (Å²) in [6.45, 7) is 0. The molecular formula is C10H7ClN2O3. The molecule has 0 saturated heterocycles. The Labute approximate surface area is 95.5 Å². The van der Waals surface area contributed by atoms with Gasteiger partial charge in [0.15, 0.2) is 0 Å². The average molecular weight is 239 g/mol. The number of nitrogen functional groups attached to an aromatic ring is 1. The molecule has 0 radical (unpaired) electrons. The van der Waals surface area contributed by atoms with Crippen molar-refractivity contribution in [1.82, 2.24) is 4.98 Å². The fraction of sp³-hybridized carbons (Fsp3) is 0. The van der Waals surface area contributed by atoms with Gasteiger partial charge in [0.2, 0.25) is 5.76 Å². The molecule has 5 nitrogen and oxygen atoms in total. The largest absolute Gasteiger partial charge is 0.475 e. The summed E-state index contributed by atoms with van der Waals surface area (Å²) in [5.74, 6) is -1.49. The van der Waals surface area contributed by atoms with Crippen LogP contribution in [0.2, 0.25) is 5.02 Å². The number of carboxylic acid groups (broad SMARTS) is 1. The highest BCUT2D eigenvalue weighted by Gasteiger charge is 2.19. The van der Waals surface area contributed by atoms with Crippen molar-refractivity contribution in [1.29, 1.82) is 0 Å². The summed E-state index contributed by atoms with van der Waals surface area (Å²) in [5, 5.41) is 9.43. The van der Waals surface area contributed by atoms with Gasteiger partial charge in [-0.25, -0.2) is 4.79 Å². The minimum atomic E-state index is -1.21. The zero-order valence-corrected chi connectivity index (χ0v) is 8.73. The summed E-state index contributed by atoms with van der Waals surface area (Å²) in [6, 6.07) is 6.38. The predicted octanol–water partition coefficient (Wildman–Crippen LogP) is 2.28. The van der Waals surface area contributed by atoms with Crippen LogP contribution < -0.4 is 5.73 Å². The van der Waals surface area contributed by atoms with E-state index < -0.39 is 5.97 Å². The quantitative estimate of drug-likeness (QED) is 0.838. The van der Waals surface area contributed by atoms with Gasteiger partial charge in [0.05, 0.1) is 0 Å². The fourth-order valence-corrected chi connectivity index (χ4v) is 1.41. The van der Waals surface area contributed by atoms with E-state index in [1.807, 2.05) is 0 Å². The van der Waals surface area contributed by atoms with E-state index in [0.29, 0.717) is 10.6 Å². The minimum absolute atomic E-state index is 0.178. The molecule has 0 spiro atoms. The van der Waals surface area contributed by atoms with Gasteiger partial charge in [0, 0.05) is 10.6 Å². The number of hydrogen-bond acceptors (Lipinski definition) is 4. The number of oxazole rings is 1. The Balaban J connectivity index is 2.55. The Morgan fingerprint density at radius 2 is 2.00 bits per heavy atom. The van der Waals surface area contributed by atoms with Crippen molar-refractivity contribution in [3.8, 4) is 11.3 Å². The van der Waals surface area contributed by atoms with Gasteiger partial charge in [-0.15, -0.1) is 0 Å². The van der Waals surface area contributed by atoms with Gasteiger partial charge in [-0.3, -0.25) is 0 Å². The monoisotopic (exact) mass is 238 g/mol. The molecule has 0 aliphatic heterocycles. The van der Waals surface area contributed by atoms with Crippen molar-refractivity contribution in [2.75, 3.05) is 5.73 Å². The number of hydrogen-bond donors (Lipinski definition) is 2. The lowest BCUT2D eigenvalue weighted by atomic mass is 10.1. The van der Waals surface area contributed by atoms with Crippen molar-refractivity contribution in [3.05, 3.63) is 35.0 Å². The van der Waals surface area contributed by atoms with Gasteiger partial charge >= 0.3 is 5.97 Å². The highest BCUT2D eigenvalue weighted by Crippen LogP contribution is 2.26. The van der Waals surface area contributed by atoms with E-state index in [1.165, 1.54) is 0 Å². The van der Waals surface area contributed by atoms with E-state index in [2.05, 4.69) is 4.98 Å². The number of nitrogens with zero attached hydrogens (tertiary/aromatic N) is 1. The Hall–Kier alpha value is -2.01. The van der Waals surface area contributed by atoms with Crippen molar-refractivity contribution in [2.24, 2.45) is 0 Å². The van der Waals surface area contributed by atoms with Crippen molar-refractivity contribution in [2.45, 2.75) is 0 Å². The molecule has 1 heterocycles. The summed E-state index contributed by atoms with van der Waals surface area (Å²) >= 11 is 5.72.